The number of benzene rings is 2. The standard InChI is InChI=1S/C36H53N3O2S.BrH/c1-6-7-8-9-10-11-12-13-14-15-16-19-24-41-34-25-31(36(3,4)5)22-23-33(34)38-35(40)37-32-21-18-17-20-30(32)27-39-26-29(2)42-28-39;/h17-18,20-23,25-26,28H,6-16,19,24,27H2,1-5H3,(H-,37,38,40);1H. The molecule has 2 amide bonds. The fraction of sp³-hybridized carbons (Fsp3) is 0.556. The fourth-order valence-corrected chi connectivity index (χ4v) is 5.75. The Bertz CT molecular complexity index is 1220. The Morgan fingerprint density at radius 2 is 1.44 bits per heavy atom. The number of unbranched alkanes of at least 4 members (excludes halogenated alkanes) is 11. The molecule has 2 aromatic carbocycles. The number of para-hydroxylation sites is 1. The second-order valence-corrected chi connectivity index (χ2v) is 13.7. The molecule has 0 aliphatic rings. The molecule has 0 aliphatic heterocycles. The van der Waals surface area contributed by atoms with Crippen LogP contribution in [0.15, 0.2) is 54.2 Å². The predicted octanol–water partition coefficient (Wildman–Crippen LogP) is 7.42. The van der Waals surface area contributed by atoms with Crippen molar-refractivity contribution in [1.29, 1.82) is 0 Å². The molecule has 2 N–H and O–H groups in total. The van der Waals surface area contributed by atoms with Crippen LogP contribution in [0, 0.1) is 6.92 Å². The van der Waals surface area contributed by atoms with Gasteiger partial charge in [0.2, 0.25) is 5.51 Å². The molecule has 5 nitrogen and oxygen atoms in total. The van der Waals surface area contributed by atoms with Gasteiger partial charge in [0.1, 0.15) is 5.75 Å². The molecule has 238 valence electrons. The van der Waals surface area contributed by atoms with Crippen LogP contribution in [0.1, 0.15) is 121 Å². The lowest BCUT2D eigenvalue weighted by Gasteiger charge is -2.22. The Labute approximate surface area is 275 Å². The van der Waals surface area contributed by atoms with E-state index in [0.717, 1.165) is 23.4 Å². The first kappa shape index (κ1) is 36.8. The van der Waals surface area contributed by atoms with Gasteiger partial charge in [0, 0.05) is 5.56 Å². The van der Waals surface area contributed by atoms with Crippen molar-refractivity contribution in [2.45, 2.75) is 124 Å². The van der Waals surface area contributed by atoms with Crippen LogP contribution in [0.3, 0.4) is 0 Å². The van der Waals surface area contributed by atoms with Crippen molar-refractivity contribution in [3.8, 4) is 5.75 Å². The summed E-state index contributed by atoms with van der Waals surface area (Å²) in [4.78, 5) is 14.4. The summed E-state index contributed by atoms with van der Waals surface area (Å²) in [6, 6.07) is 13.8. The molecule has 3 aromatic rings. The molecule has 3 rings (SSSR count). The zero-order valence-electron chi connectivity index (χ0n) is 27.1. The normalized spacial score (nSPS) is 11.2. The van der Waals surface area contributed by atoms with E-state index in [9.17, 15) is 4.79 Å². The highest BCUT2D eigenvalue weighted by atomic mass is 79.9. The number of carbonyl (C=O) groups excluding carboxylic acids is 1. The highest BCUT2D eigenvalue weighted by Crippen LogP contribution is 2.32. The first-order valence-corrected chi connectivity index (χ1v) is 17.0. The van der Waals surface area contributed by atoms with Crippen LogP contribution in [0.25, 0.3) is 0 Å². The number of aryl methyl sites for hydroxylation is 1. The zero-order valence-corrected chi connectivity index (χ0v) is 29.5. The number of nitrogens with zero attached hydrogens (tertiary/aromatic N) is 1. The zero-order chi connectivity index (χ0) is 30.2. The van der Waals surface area contributed by atoms with Crippen LogP contribution in [-0.4, -0.2) is 12.6 Å². The van der Waals surface area contributed by atoms with Gasteiger partial charge in [-0.25, -0.2) is 4.79 Å². The van der Waals surface area contributed by atoms with E-state index in [4.69, 9.17) is 4.74 Å². The molecule has 0 saturated carbocycles. The van der Waals surface area contributed by atoms with E-state index >= 15 is 0 Å². The van der Waals surface area contributed by atoms with Gasteiger partial charge >= 0.3 is 6.03 Å². The molecule has 0 aliphatic carbocycles. The number of urea groups is 1. The number of thiazole rings is 1. The molecular weight excluding hydrogens is 618 g/mol. The molecule has 0 atom stereocenters. The van der Waals surface area contributed by atoms with Crippen molar-refractivity contribution < 1.29 is 31.1 Å². The Balaban J connectivity index is 0.00000645. The Hall–Kier alpha value is -2.38. The van der Waals surface area contributed by atoms with E-state index < -0.39 is 0 Å². The Morgan fingerprint density at radius 1 is 0.837 bits per heavy atom. The number of anilines is 2. The van der Waals surface area contributed by atoms with Gasteiger partial charge < -0.3 is 32.4 Å². The minimum absolute atomic E-state index is 0. The van der Waals surface area contributed by atoms with Gasteiger partial charge in [0.25, 0.3) is 0 Å². The lowest BCUT2D eigenvalue weighted by Crippen LogP contribution is -3.00. The maximum atomic E-state index is 13.1. The lowest BCUT2D eigenvalue weighted by molar-refractivity contribution is -0.683. The number of amides is 2. The molecule has 0 bridgehead atoms. The molecule has 1 heterocycles. The van der Waals surface area contributed by atoms with Gasteiger partial charge in [-0.2, -0.15) is 4.57 Å². The summed E-state index contributed by atoms with van der Waals surface area (Å²) in [5, 5.41) is 6.11. The average Bonchev–Trinajstić information content (AvgIpc) is 3.36. The van der Waals surface area contributed by atoms with Gasteiger partial charge in [0.05, 0.1) is 22.9 Å². The number of ether oxygens (including phenoxy) is 1. The monoisotopic (exact) mass is 671 g/mol. The average molecular weight is 673 g/mol. The van der Waals surface area contributed by atoms with Crippen molar-refractivity contribution in [3.63, 3.8) is 0 Å². The third-order valence-corrected chi connectivity index (χ3v) is 8.54. The fourth-order valence-electron chi connectivity index (χ4n) is 5.12. The van der Waals surface area contributed by atoms with Crippen molar-refractivity contribution in [2.24, 2.45) is 0 Å². The van der Waals surface area contributed by atoms with Crippen LogP contribution < -0.4 is 36.9 Å². The number of halogens is 1. The second kappa shape index (κ2) is 19.8. The number of aromatic nitrogens is 1. The number of hydrogen-bond donors (Lipinski definition) is 2. The first-order chi connectivity index (χ1) is 20.3. The third-order valence-electron chi connectivity index (χ3n) is 7.69. The van der Waals surface area contributed by atoms with E-state index in [1.165, 1.54) is 81.1 Å². The number of rotatable bonds is 18. The maximum Gasteiger partial charge on any atom is 0.323 e. The minimum atomic E-state index is -0.271. The quantitative estimate of drug-likeness (QED) is 0.109. The van der Waals surface area contributed by atoms with Crippen LogP contribution in [0.2, 0.25) is 0 Å². The highest BCUT2D eigenvalue weighted by Gasteiger charge is 2.18. The van der Waals surface area contributed by atoms with E-state index in [0.29, 0.717) is 18.8 Å². The topological polar surface area (TPSA) is 54.2 Å². The lowest BCUT2D eigenvalue weighted by atomic mass is 9.87. The smallest absolute Gasteiger partial charge is 0.323 e. The van der Waals surface area contributed by atoms with Gasteiger partial charge in [-0.3, -0.25) is 0 Å². The van der Waals surface area contributed by atoms with Crippen LogP contribution in [-0.2, 0) is 12.0 Å². The molecule has 0 unspecified atom stereocenters. The van der Waals surface area contributed by atoms with Crippen LogP contribution in [0.5, 0.6) is 5.75 Å². The van der Waals surface area contributed by atoms with Crippen LogP contribution in [0.4, 0.5) is 16.2 Å². The summed E-state index contributed by atoms with van der Waals surface area (Å²) in [7, 11) is 0. The summed E-state index contributed by atoms with van der Waals surface area (Å²) in [6.45, 7) is 12.3. The number of hydrogen-bond acceptors (Lipinski definition) is 3. The number of nitrogens with one attached hydrogen (secondary N) is 2. The molecule has 1 aromatic heterocycles. The van der Waals surface area contributed by atoms with Gasteiger partial charge in [-0.05, 0) is 42.5 Å². The summed E-state index contributed by atoms with van der Waals surface area (Å²) in [5.74, 6) is 0.734. The molecular formula is C36H54BrN3O2S. The van der Waals surface area contributed by atoms with Crippen molar-refractivity contribution >= 4 is 28.7 Å². The largest absolute Gasteiger partial charge is 1.00 e. The van der Waals surface area contributed by atoms with Crippen LogP contribution >= 0.6 is 11.3 Å². The Kier molecular flexibility index (Phi) is 17.0. The van der Waals surface area contributed by atoms with Crippen molar-refractivity contribution in [3.05, 3.63) is 70.2 Å². The second-order valence-electron chi connectivity index (χ2n) is 12.6. The number of carbonyl (C=O) groups is 1. The van der Waals surface area contributed by atoms with E-state index in [1.807, 2.05) is 24.3 Å². The molecule has 0 radical (unpaired) electrons. The predicted molar refractivity (Wildman–Crippen MR) is 179 cm³/mol. The summed E-state index contributed by atoms with van der Waals surface area (Å²) >= 11 is 1.72. The first-order valence-electron chi connectivity index (χ1n) is 16.1. The summed E-state index contributed by atoms with van der Waals surface area (Å²) in [6.07, 6.45) is 17.9. The SMILES string of the molecule is CCCCCCCCCCCCCCOc1cc(C(C)(C)C)ccc1NC(=O)Nc1ccccc1C[n+]1csc(C)c1.[Br-]. The van der Waals surface area contributed by atoms with E-state index in [1.54, 1.807) is 11.3 Å². The van der Waals surface area contributed by atoms with E-state index in [2.05, 4.69) is 79.7 Å². The summed E-state index contributed by atoms with van der Waals surface area (Å²) < 4.78 is 8.42. The van der Waals surface area contributed by atoms with Gasteiger partial charge in [-0.1, -0.05) is 134 Å². The highest BCUT2D eigenvalue weighted by molar-refractivity contribution is 7.09. The molecule has 0 fully saturated rings. The molecule has 0 spiro atoms. The minimum Gasteiger partial charge on any atom is -1.00 e. The summed E-state index contributed by atoms with van der Waals surface area (Å²) in [5.41, 5.74) is 5.83. The van der Waals surface area contributed by atoms with Gasteiger partial charge in [0.15, 0.2) is 12.7 Å². The Morgan fingerprint density at radius 3 is 2.05 bits per heavy atom. The molecule has 43 heavy (non-hydrogen) atoms. The molecule has 0 saturated heterocycles. The van der Waals surface area contributed by atoms with Crippen molar-refractivity contribution in [1.82, 2.24) is 0 Å². The van der Waals surface area contributed by atoms with Crippen molar-refractivity contribution in [2.75, 3.05) is 17.2 Å². The molecule has 7 heteroatoms. The maximum absolute atomic E-state index is 13.1. The van der Waals surface area contributed by atoms with Gasteiger partial charge in [-0.15, -0.1) is 0 Å². The third kappa shape index (κ3) is 13.9. The van der Waals surface area contributed by atoms with E-state index in [-0.39, 0.29) is 28.4 Å².